The molecule has 0 saturated carbocycles. The van der Waals surface area contributed by atoms with Gasteiger partial charge in [-0.1, -0.05) is 19.9 Å². The summed E-state index contributed by atoms with van der Waals surface area (Å²) in [5, 5.41) is 8.23. The third-order valence-corrected chi connectivity index (χ3v) is 3.41. The molecule has 13 heavy (non-hydrogen) atoms. The van der Waals surface area contributed by atoms with Gasteiger partial charge in [0.2, 0.25) is 0 Å². The van der Waals surface area contributed by atoms with Crippen LogP contribution >= 0.6 is 22.6 Å². The number of aromatic amines is 1. The smallest absolute Gasteiger partial charge is 0.0661 e. The first-order valence-electron chi connectivity index (χ1n) is 4.31. The van der Waals surface area contributed by atoms with Crippen molar-refractivity contribution >= 4 is 33.5 Å². The number of aromatic nitrogens is 2. The van der Waals surface area contributed by atoms with E-state index in [2.05, 4.69) is 58.8 Å². The van der Waals surface area contributed by atoms with E-state index >= 15 is 0 Å². The van der Waals surface area contributed by atoms with E-state index in [0.717, 1.165) is 5.52 Å². The van der Waals surface area contributed by atoms with Crippen LogP contribution in [0.15, 0.2) is 18.3 Å². The van der Waals surface area contributed by atoms with Gasteiger partial charge in [-0.25, -0.2) is 0 Å². The van der Waals surface area contributed by atoms with Gasteiger partial charge in [0.15, 0.2) is 0 Å². The number of benzene rings is 1. The summed E-state index contributed by atoms with van der Waals surface area (Å²) in [6.45, 7) is 4.42. The van der Waals surface area contributed by atoms with Gasteiger partial charge < -0.3 is 0 Å². The highest BCUT2D eigenvalue weighted by Gasteiger charge is 2.08. The first kappa shape index (κ1) is 8.99. The Morgan fingerprint density at radius 2 is 2.15 bits per heavy atom. The van der Waals surface area contributed by atoms with Crippen LogP contribution < -0.4 is 0 Å². The van der Waals surface area contributed by atoms with Crippen molar-refractivity contribution in [3.05, 3.63) is 27.5 Å². The zero-order valence-corrected chi connectivity index (χ0v) is 9.79. The van der Waals surface area contributed by atoms with Gasteiger partial charge in [0, 0.05) is 8.96 Å². The van der Waals surface area contributed by atoms with Crippen LogP contribution in [-0.4, -0.2) is 10.2 Å². The molecule has 0 aliphatic carbocycles. The number of nitrogens with one attached hydrogen (secondary N) is 1. The van der Waals surface area contributed by atoms with E-state index in [0.29, 0.717) is 5.92 Å². The average Bonchev–Trinajstić information content (AvgIpc) is 2.52. The summed E-state index contributed by atoms with van der Waals surface area (Å²) >= 11 is 2.39. The van der Waals surface area contributed by atoms with Crippen LogP contribution in [0.1, 0.15) is 25.3 Å². The predicted molar refractivity (Wildman–Crippen MR) is 62.9 cm³/mol. The maximum atomic E-state index is 4.03. The van der Waals surface area contributed by atoms with Crippen molar-refractivity contribution in [3.8, 4) is 0 Å². The third-order valence-electron chi connectivity index (χ3n) is 2.21. The second-order valence-corrected chi connectivity index (χ2v) is 4.53. The molecule has 0 aliphatic heterocycles. The molecule has 0 spiro atoms. The topological polar surface area (TPSA) is 28.7 Å². The summed E-state index contributed by atoms with van der Waals surface area (Å²) in [4.78, 5) is 0. The first-order valence-corrected chi connectivity index (χ1v) is 5.39. The lowest BCUT2D eigenvalue weighted by atomic mass is 10.0. The van der Waals surface area contributed by atoms with Crippen molar-refractivity contribution in [1.29, 1.82) is 0 Å². The summed E-state index contributed by atoms with van der Waals surface area (Å²) < 4.78 is 1.32. The fourth-order valence-electron chi connectivity index (χ4n) is 1.45. The monoisotopic (exact) mass is 286 g/mol. The van der Waals surface area contributed by atoms with E-state index in [1.807, 2.05) is 6.20 Å². The molecule has 68 valence electrons. The van der Waals surface area contributed by atoms with Crippen LogP contribution in [0, 0.1) is 3.57 Å². The largest absolute Gasteiger partial charge is 0.278 e. The van der Waals surface area contributed by atoms with Crippen molar-refractivity contribution in [1.82, 2.24) is 10.2 Å². The molecule has 2 aromatic rings. The molecule has 0 saturated heterocycles. The molecule has 0 unspecified atom stereocenters. The van der Waals surface area contributed by atoms with Crippen molar-refractivity contribution in [2.45, 2.75) is 19.8 Å². The van der Waals surface area contributed by atoms with E-state index in [1.165, 1.54) is 14.5 Å². The lowest BCUT2D eigenvalue weighted by Crippen LogP contribution is -1.91. The van der Waals surface area contributed by atoms with Crippen molar-refractivity contribution < 1.29 is 0 Å². The Morgan fingerprint density at radius 1 is 1.38 bits per heavy atom. The minimum Gasteiger partial charge on any atom is -0.278 e. The Labute approximate surface area is 90.9 Å². The normalized spacial score (nSPS) is 11.4. The SMILES string of the molecule is CC(C)c1ccc2[nH]ncc2c1I. The van der Waals surface area contributed by atoms with Crippen LogP contribution in [0.25, 0.3) is 10.9 Å². The van der Waals surface area contributed by atoms with Gasteiger partial charge in [-0.2, -0.15) is 5.10 Å². The highest BCUT2D eigenvalue weighted by atomic mass is 127. The number of hydrogen-bond acceptors (Lipinski definition) is 1. The standard InChI is InChI=1S/C10H11IN2/c1-6(2)7-3-4-9-8(10(7)11)5-12-13-9/h3-6H,1-2H3,(H,12,13). The van der Waals surface area contributed by atoms with Gasteiger partial charge in [0.1, 0.15) is 0 Å². The minimum atomic E-state index is 0.575. The molecular weight excluding hydrogens is 275 g/mol. The molecule has 0 aliphatic rings. The highest BCUT2D eigenvalue weighted by molar-refractivity contribution is 14.1. The van der Waals surface area contributed by atoms with E-state index in [1.54, 1.807) is 0 Å². The second kappa shape index (κ2) is 3.29. The molecule has 3 heteroatoms. The zero-order valence-electron chi connectivity index (χ0n) is 7.63. The number of nitrogens with zero attached hydrogens (tertiary/aromatic N) is 1. The Hall–Kier alpha value is -0.580. The number of hydrogen-bond donors (Lipinski definition) is 1. The summed E-state index contributed by atoms with van der Waals surface area (Å²) in [6, 6.07) is 4.27. The second-order valence-electron chi connectivity index (χ2n) is 3.45. The van der Waals surface area contributed by atoms with Gasteiger partial charge in [-0.15, -0.1) is 0 Å². The summed E-state index contributed by atoms with van der Waals surface area (Å²) in [5.41, 5.74) is 2.52. The molecule has 1 aromatic carbocycles. The summed E-state index contributed by atoms with van der Waals surface area (Å²) in [6.07, 6.45) is 1.89. The molecule has 2 nitrogen and oxygen atoms in total. The Morgan fingerprint density at radius 3 is 2.85 bits per heavy atom. The van der Waals surface area contributed by atoms with Crippen LogP contribution in [0.3, 0.4) is 0 Å². The molecule has 0 radical (unpaired) electrons. The molecule has 0 bridgehead atoms. The lowest BCUT2D eigenvalue weighted by Gasteiger charge is -2.08. The molecule has 0 fully saturated rings. The first-order chi connectivity index (χ1) is 6.20. The molecule has 1 heterocycles. The molecule has 1 N–H and O–H groups in total. The van der Waals surface area contributed by atoms with E-state index in [-0.39, 0.29) is 0 Å². The van der Waals surface area contributed by atoms with Gasteiger partial charge in [0.25, 0.3) is 0 Å². The van der Waals surface area contributed by atoms with Crippen molar-refractivity contribution in [2.24, 2.45) is 0 Å². The van der Waals surface area contributed by atoms with Crippen LogP contribution in [0.5, 0.6) is 0 Å². The Balaban J connectivity index is 2.73. The molecule has 2 rings (SSSR count). The van der Waals surface area contributed by atoms with Crippen LogP contribution in [-0.2, 0) is 0 Å². The van der Waals surface area contributed by atoms with E-state index in [4.69, 9.17) is 0 Å². The maximum absolute atomic E-state index is 4.03. The average molecular weight is 286 g/mol. The molecule has 0 atom stereocenters. The lowest BCUT2D eigenvalue weighted by molar-refractivity contribution is 0.863. The molecular formula is C10H11IN2. The minimum absolute atomic E-state index is 0.575. The van der Waals surface area contributed by atoms with Crippen molar-refractivity contribution in [3.63, 3.8) is 0 Å². The molecule has 0 amide bonds. The Bertz CT molecular complexity index is 431. The number of H-pyrrole nitrogens is 1. The van der Waals surface area contributed by atoms with E-state index in [9.17, 15) is 0 Å². The number of rotatable bonds is 1. The number of fused-ring (bicyclic) bond motifs is 1. The van der Waals surface area contributed by atoms with E-state index < -0.39 is 0 Å². The van der Waals surface area contributed by atoms with Crippen LogP contribution in [0.2, 0.25) is 0 Å². The van der Waals surface area contributed by atoms with Gasteiger partial charge in [0.05, 0.1) is 11.7 Å². The zero-order chi connectivity index (χ0) is 9.42. The van der Waals surface area contributed by atoms with Gasteiger partial charge >= 0.3 is 0 Å². The van der Waals surface area contributed by atoms with Gasteiger partial charge in [-0.05, 0) is 40.1 Å². The maximum Gasteiger partial charge on any atom is 0.0661 e. The van der Waals surface area contributed by atoms with Crippen LogP contribution in [0.4, 0.5) is 0 Å². The highest BCUT2D eigenvalue weighted by Crippen LogP contribution is 2.27. The van der Waals surface area contributed by atoms with Crippen molar-refractivity contribution in [2.75, 3.05) is 0 Å². The molecule has 1 aromatic heterocycles. The quantitative estimate of drug-likeness (QED) is 0.801. The third kappa shape index (κ3) is 1.45. The summed E-state index contributed by atoms with van der Waals surface area (Å²) in [7, 11) is 0. The predicted octanol–water partition coefficient (Wildman–Crippen LogP) is 3.29. The fraction of sp³-hybridized carbons (Fsp3) is 0.300. The Kier molecular flexibility index (Phi) is 2.27. The summed E-state index contributed by atoms with van der Waals surface area (Å²) in [5.74, 6) is 0.575. The number of halogens is 1. The van der Waals surface area contributed by atoms with Gasteiger partial charge in [-0.3, -0.25) is 5.10 Å². The fourth-order valence-corrected chi connectivity index (χ4v) is 2.68.